The van der Waals surface area contributed by atoms with Gasteiger partial charge in [0.25, 0.3) is 6.43 Å². The third-order valence-corrected chi connectivity index (χ3v) is 2.44. The first-order valence-corrected chi connectivity index (χ1v) is 5.33. The number of nitrogens with two attached hydrogens (primary N) is 1. The monoisotopic (exact) mass is 253 g/mol. The summed E-state index contributed by atoms with van der Waals surface area (Å²) in [5.74, 6) is 0.487. The predicted octanol–water partition coefficient (Wildman–Crippen LogP) is 3.04. The maximum Gasteiger partial charge on any atom is 0.267 e. The van der Waals surface area contributed by atoms with Crippen molar-refractivity contribution in [2.24, 2.45) is 7.05 Å². The van der Waals surface area contributed by atoms with Gasteiger partial charge >= 0.3 is 0 Å². The average molecular weight is 253 g/mol. The highest BCUT2D eigenvalue weighted by Gasteiger charge is 2.16. The Bertz CT molecular complexity index is 566. The van der Waals surface area contributed by atoms with Crippen molar-refractivity contribution in [3.63, 3.8) is 0 Å². The summed E-state index contributed by atoms with van der Waals surface area (Å²) in [7, 11) is 1.68. The van der Waals surface area contributed by atoms with Crippen LogP contribution < -0.4 is 10.5 Å². The van der Waals surface area contributed by atoms with Crippen LogP contribution in [0.15, 0.2) is 24.3 Å². The zero-order valence-electron chi connectivity index (χ0n) is 10.0. The maximum atomic E-state index is 12.9. The summed E-state index contributed by atoms with van der Waals surface area (Å²) in [6.07, 6.45) is -2.64. The van der Waals surface area contributed by atoms with Gasteiger partial charge in [-0.1, -0.05) is 0 Å². The summed E-state index contributed by atoms with van der Waals surface area (Å²) in [6.45, 7) is 1.80. The fraction of sp³-hybridized carbons (Fsp3) is 0.250. The zero-order valence-corrected chi connectivity index (χ0v) is 10.0. The van der Waals surface area contributed by atoms with E-state index in [1.165, 1.54) is 22.9 Å². The van der Waals surface area contributed by atoms with E-state index in [-0.39, 0.29) is 17.0 Å². The second kappa shape index (κ2) is 4.64. The topological polar surface area (TPSA) is 53.1 Å². The van der Waals surface area contributed by atoms with Gasteiger partial charge in [-0.2, -0.15) is 5.10 Å². The Labute approximate surface area is 103 Å². The van der Waals surface area contributed by atoms with Crippen LogP contribution in [0.5, 0.6) is 11.6 Å². The van der Waals surface area contributed by atoms with Crippen LogP contribution in [0.3, 0.4) is 0 Å². The van der Waals surface area contributed by atoms with Crippen molar-refractivity contribution in [2.45, 2.75) is 13.3 Å². The number of nitrogen functional groups attached to an aromatic ring is 1. The maximum absolute atomic E-state index is 12.9. The Morgan fingerprint density at radius 1 is 1.33 bits per heavy atom. The summed E-state index contributed by atoms with van der Waals surface area (Å²) in [6, 6.07) is 5.83. The van der Waals surface area contributed by atoms with Gasteiger partial charge in [0.15, 0.2) is 0 Å². The molecule has 0 radical (unpaired) electrons. The van der Waals surface area contributed by atoms with Crippen LogP contribution in [0.4, 0.5) is 14.5 Å². The molecule has 6 heteroatoms. The van der Waals surface area contributed by atoms with E-state index in [9.17, 15) is 8.78 Å². The fourth-order valence-electron chi connectivity index (χ4n) is 1.63. The van der Waals surface area contributed by atoms with Gasteiger partial charge in [0.05, 0.1) is 11.3 Å². The van der Waals surface area contributed by atoms with Crippen molar-refractivity contribution in [1.82, 2.24) is 9.78 Å². The van der Waals surface area contributed by atoms with E-state index in [2.05, 4.69) is 5.10 Å². The lowest BCUT2D eigenvalue weighted by Crippen LogP contribution is -1.99. The quantitative estimate of drug-likeness (QED) is 0.855. The van der Waals surface area contributed by atoms with E-state index in [0.717, 1.165) is 5.69 Å². The van der Waals surface area contributed by atoms with Crippen molar-refractivity contribution in [2.75, 3.05) is 5.73 Å². The molecule has 4 nitrogen and oxygen atoms in total. The van der Waals surface area contributed by atoms with Gasteiger partial charge in [0.2, 0.25) is 5.88 Å². The molecule has 0 aliphatic heterocycles. The largest absolute Gasteiger partial charge is 0.439 e. The number of rotatable bonds is 3. The van der Waals surface area contributed by atoms with Gasteiger partial charge in [-0.3, -0.25) is 0 Å². The minimum absolute atomic E-state index is 0.0854. The van der Waals surface area contributed by atoms with Crippen LogP contribution in [-0.4, -0.2) is 9.78 Å². The molecule has 0 spiro atoms. The molecule has 1 aromatic carbocycles. The number of halogens is 2. The number of nitrogens with zero attached hydrogens (tertiary/aromatic N) is 2. The molecule has 18 heavy (non-hydrogen) atoms. The lowest BCUT2D eigenvalue weighted by Gasteiger charge is -2.11. The average Bonchev–Trinajstić information content (AvgIpc) is 2.60. The molecule has 0 bridgehead atoms. The molecule has 0 aliphatic rings. The minimum Gasteiger partial charge on any atom is -0.439 e. The van der Waals surface area contributed by atoms with Crippen LogP contribution in [0, 0.1) is 6.92 Å². The van der Waals surface area contributed by atoms with Crippen molar-refractivity contribution in [3.8, 4) is 11.6 Å². The summed E-state index contributed by atoms with van der Waals surface area (Å²) < 4.78 is 32.6. The number of alkyl halides is 2. The van der Waals surface area contributed by atoms with Gasteiger partial charge in [0, 0.05) is 18.8 Å². The number of benzene rings is 1. The Balaban J connectivity index is 2.37. The molecule has 1 heterocycles. The molecule has 2 rings (SSSR count). The van der Waals surface area contributed by atoms with E-state index < -0.39 is 6.43 Å². The zero-order chi connectivity index (χ0) is 13.3. The second-order valence-corrected chi connectivity index (χ2v) is 3.95. The highest BCUT2D eigenvalue weighted by Crippen LogP contribution is 2.33. The molecule has 96 valence electrons. The second-order valence-electron chi connectivity index (χ2n) is 3.95. The molecule has 0 unspecified atom stereocenters. The first-order chi connectivity index (χ1) is 8.47. The minimum atomic E-state index is -2.64. The van der Waals surface area contributed by atoms with Crippen molar-refractivity contribution in [1.29, 1.82) is 0 Å². The van der Waals surface area contributed by atoms with Gasteiger partial charge < -0.3 is 10.5 Å². The highest BCUT2D eigenvalue weighted by atomic mass is 19.3. The first-order valence-electron chi connectivity index (χ1n) is 5.33. The molecule has 0 aliphatic carbocycles. The Kier molecular flexibility index (Phi) is 3.18. The number of hydrogen-bond donors (Lipinski definition) is 1. The number of aromatic nitrogens is 2. The molecule has 0 fully saturated rings. The lowest BCUT2D eigenvalue weighted by molar-refractivity contribution is 0.148. The standard InChI is InChI=1S/C12H13F2N3O/c1-7-5-11(17(2)16-7)18-10-4-3-8(15)6-9(10)12(13)14/h3-6,12H,15H2,1-2H3. The molecule has 0 atom stereocenters. The molecular formula is C12H13F2N3O. The van der Waals surface area contributed by atoms with Gasteiger partial charge in [-0.05, 0) is 25.1 Å². The van der Waals surface area contributed by atoms with Crippen LogP contribution >= 0.6 is 0 Å². The molecule has 2 N–H and O–H groups in total. The molecule has 1 aromatic heterocycles. The highest BCUT2D eigenvalue weighted by molar-refractivity contribution is 5.49. The van der Waals surface area contributed by atoms with Gasteiger partial charge in [-0.25, -0.2) is 13.5 Å². The predicted molar refractivity (Wildman–Crippen MR) is 63.8 cm³/mol. The molecular weight excluding hydrogens is 240 g/mol. The summed E-state index contributed by atoms with van der Waals surface area (Å²) in [5.41, 5.74) is 6.29. The van der Waals surface area contributed by atoms with Crippen LogP contribution in [0.1, 0.15) is 17.7 Å². The summed E-state index contributed by atoms with van der Waals surface area (Å²) in [5, 5.41) is 4.08. The SMILES string of the molecule is Cc1cc(Oc2ccc(N)cc2C(F)F)n(C)n1. The van der Waals surface area contributed by atoms with Crippen LogP contribution in [0.25, 0.3) is 0 Å². The Morgan fingerprint density at radius 2 is 2.06 bits per heavy atom. The number of anilines is 1. The molecule has 0 saturated heterocycles. The lowest BCUT2D eigenvalue weighted by atomic mass is 10.2. The number of aryl methyl sites for hydroxylation is 2. The van der Waals surface area contributed by atoms with E-state index in [1.807, 2.05) is 0 Å². The van der Waals surface area contributed by atoms with Crippen LogP contribution in [0.2, 0.25) is 0 Å². The number of hydrogen-bond acceptors (Lipinski definition) is 3. The van der Waals surface area contributed by atoms with E-state index in [1.54, 1.807) is 20.0 Å². The summed E-state index contributed by atoms with van der Waals surface area (Å²) in [4.78, 5) is 0. The third kappa shape index (κ3) is 2.42. The van der Waals surface area contributed by atoms with E-state index in [4.69, 9.17) is 10.5 Å². The summed E-state index contributed by atoms with van der Waals surface area (Å²) >= 11 is 0. The van der Waals surface area contributed by atoms with E-state index >= 15 is 0 Å². The molecule has 0 amide bonds. The molecule has 2 aromatic rings. The Hall–Kier alpha value is -2.11. The number of ether oxygens (including phenoxy) is 1. The normalized spacial score (nSPS) is 10.9. The van der Waals surface area contributed by atoms with Crippen molar-refractivity contribution >= 4 is 5.69 Å². The van der Waals surface area contributed by atoms with E-state index in [0.29, 0.717) is 5.88 Å². The molecule has 0 saturated carbocycles. The Morgan fingerprint density at radius 3 is 2.61 bits per heavy atom. The first kappa shape index (κ1) is 12.3. The van der Waals surface area contributed by atoms with Crippen molar-refractivity contribution < 1.29 is 13.5 Å². The van der Waals surface area contributed by atoms with Gasteiger partial charge in [-0.15, -0.1) is 0 Å². The van der Waals surface area contributed by atoms with Crippen LogP contribution in [-0.2, 0) is 7.05 Å². The van der Waals surface area contributed by atoms with Crippen molar-refractivity contribution in [3.05, 3.63) is 35.5 Å². The van der Waals surface area contributed by atoms with Gasteiger partial charge in [0.1, 0.15) is 5.75 Å². The third-order valence-electron chi connectivity index (χ3n) is 2.44. The smallest absolute Gasteiger partial charge is 0.267 e. The fourth-order valence-corrected chi connectivity index (χ4v) is 1.63.